The average Bonchev–Trinajstić information content (AvgIpc) is 2.34. The maximum absolute atomic E-state index is 12.9. The van der Waals surface area contributed by atoms with Gasteiger partial charge in [0.2, 0.25) is 10.0 Å². The molecule has 1 atom stereocenters. The van der Waals surface area contributed by atoms with Crippen LogP contribution in [0.2, 0.25) is 0 Å². The minimum Gasteiger partial charge on any atom is -0.328 e. The van der Waals surface area contributed by atoms with Gasteiger partial charge in [0.1, 0.15) is 0 Å². The first-order valence-electron chi connectivity index (χ1n) is 5.95. The van der Waals surface area contributed by atoms with E-state index in [4.69, 9.17) is 5.73 Å². The molecule has 0 spiro atoms. The van der Waals surface area contributed by atoms with Crippen LogP contribution >= 0.6 is 0 Å². The molecule has 0 radical (unpaired) electrons. The summed E-state index contributed by atoms with van der Waals surface area (Å²) in [5.74, 6) is 0. The fraction of sp³-hybridized carbons (Fsp3) is 0.500. The van der Waals surface area contributed by atoms with Crippen molar-refractivity contribution in [2.75, 3.05) is 13.6 Å². The van der Waals surface area contributed by atoms with Crippen molar-refractivity contribution in [1.82, 2.24) is 4.31 Å². The zero-order valence-electron chi connectivity index (χ0n) is 11.2. The summed E-state index contributed by atoms with van der Waals surface area (Å²) in [6.07, 6.45) is -4.35. The lowest BCUT2D eigenvalue weighted by Gasteiger charge is -2.20. The molecule has 0 saturated carbocycles. The molecule has 1 rings (SSSR count). The highest BCUT2D eigenvalue weighted by Crippen LogP contribution is 2.34. The van der Waals surface area contributed by atoms with E-state index in [1.54, 1.807) is 6.92 Å². The maximum Gasteiger partial charge on any atom is 0.417 e. The summed E-state index contributed by atoms with van der Waals surface area (Å²) in [6.45, 7) is 1.76. The number of hydrogen-bond donors (Lipinski definition) is 1. The molecule has 1 aromatic carbocycles. The number of alkyl halides is 3. The smallest absolute Gasteiger partial charge is 0.328 e. The lowest BCUT2D eigenvalue weighted by atomic mass is 10.2. The van der Waals surface area contributed by atoms with Crippen molar-refractivity contribution in [3.05, 3.63) is 29.8 Å². The Morgan fingerprint density at radius 3 is 2.35 bits per heavy atom. The number of rotatable bonds is 5. The van der Waals surface area contributed by atoms with Gasteiger partial charge in [0.05, 0.1) is 10.5 Å². The molecule has 0 aromatic heterocycles. The van der Waals surface area contributed by atoms with Gasteiger partial charge in [-0.2, -0.15) is 13.2 Å². The Morgan fingerprint density at radius 1 is 1.30 bits per heavy atom. The predicted molar refractivity (Wildman–Crippen MR) is 69.5 cm³/mol. The Balaban J connectivity index is 3.16. The van der Waals surface area contributed by atoms with Crippen molar-refractivity contribution in [2.45, 2.75) is 30.5 Å². The summed E-state index contributed by atoms with van der Waals surface area (Å²) in [5.41, 5.74) is 4.36. The van der Waals surface area contributed by atoms with Crippen molar-refractivity contribution in [3.8, 4) is 0 Å². The second-order valence-corrected chi connectivity index (χ2v) is 6.60. The molecule has 1 unspecified atom stereocenters. The van der Waals surface area contributed by atoms with Crippen molar-refractivity contribution in [3.63, 3.8) is 0 Å². The first kappa shape index (κ1) is 16.9. The Bertz CT molecular complexity index is 556. The lowest BCUT2D eigenvalue weighted by Crippen LogP contribution is -2.32. The van der Waals surface area contributed by atoms with Crippen LogP contribution in [0.3, 0.4) is 0 Å². The van der Waals surface area contributed by atoms with Crippen molar-refractivity contribution in [1.29, 1.82) is 0 Å². The Kier molecular flexibility index (Phi) is 5.17. The summed E-state index contributed by atoms with van der Waals surface area (Å²) < 4.78 is 63.8. The molecule has 0 bridgehead atoms. The van der Waals surface area contributed by atoms with Crippen LogP contribution in [0.4, 0.5) is 13.2 Å². The van der Waals surface area contributed by atoms with Crippen LogP contribution in [-0.4, -0.2) is 32.4 Å². The Labute approximate surface area is 116 Å². The third-order valence-corrected chi connectivity index (χ3v) is 4.70. The lowest BCUT2D eigenvalue weighted by molar-refractivity contribution is -0.139. The standard InChI is InChI=1S/C12H17F3N2O2S/c1-9(16)7-8-17(2)20(18,19)11-6-4-3-5-10(11)12(13,14)15/h3-6,9H,7-8,16H2,1-2H3. The van der Waals surface area contributed by atoms with Gasteiger partial charge in [-0.15, -0.1) is 0 Å². The van der Waals surface area contributed by atoms with Gasteiger partial charge in [0, 0.05) is 19.6 Å². The first-order valence-corrected chi connectivity index (χ1v) is 7.39. The zero-order chi connectivity index (χ0) is 15.6. The molecular weight excluding hydrogens is 293 g/mol. The highest BCUT2D eigenvalue weighted by Gasteiger charge is 2.37. The molecule has 20 heavy (non-hydrogen) atoms. The highest BCUT2D eigenvalue weighted by atomic mass is 32.2. The molecular formula is C12H17F3N2O2S. The number of nitrogens with two attached hydrogens (primary N) is 1. The topological polar surface area (TPSA) is 63.4 Å². The number of nitrogens with zero attached hydrogens (tertiary/aromatic N) is 1. The minimum absolute atomic E-state index is 0.0617. The normalized spacial score (nSPS) is 14.6. The molecule has 0 fully saturated rings. The van der Waals surface area contributed by atoms with Crippen LogP contribution < -0.4 is 5.73 Å². The van der Waals surface area contributed by atoms with Crippen LogP contribution in [0, 0.1) is 0 Å². The van der Waals surface area contributed by atoms with E-state index in [9.17, 15) is 21.6 Å². The van der Waals surface area contributed by atoms with Gasteiger partial charge in [-0.1, -0.05) is 12.1 Å². The van der Waals surface area contributed by atoms with Gasteiger partial charge in [-0.3, -0.25) is 0 Å². The number of hydrogen-bond acceptors (Lipinski definition) is 3. The summed E-state index contributed by atoms with van der Waals surface area (Å²) in [5, 5.41) is 0. The molecule has 2 N–H and O–H groups in total. The number of sulfonamides is 1. The molecule has 0 amide bonds. The molecule has 4 nitrogen and oxygen atoms in total. The van der Waals surface area contributed by atoms with Gasteiger partial charge in [-0.25, -0.2) is 12.7 Å². The second-order valence-electron chi connectivity index (χ2n) is 4.59. The van der Waals surface area contributed by atoms with Crippen molar-refractivity contribution in [2.24, 2.45) is 5.73 Å². The summed E-state index contributed by atoms with van der Waals surface area (Å²) in [6, 6.07) is 3.91. The average molecular weight is 310 g/mol. The van der Waals surface area contributed by atoms with Gasteiger partial charge in [-0.05, 0) is 25.5 Å². The predicted octanol–water partition coefficient (Wildman–Crippen LogP) is 2.06. The summed E-state index contributed by atoms with van der Waals surface area (Å²) in [7, 11) is -2.95. The largest absolute Gasteiger partial charge is 0.417 e. The quantitative estimate of drug-likeness (QED) is 0.905. The SMILES string of the molecule is CC(N)CCN(C)S(=O)(=O)c1ccccc1C(F)(F)F. The molecule has 0 aliphatic heterocycles. The molecule has 0 aliphatic carbocycles. The zero-order valence-corrected chi connectivity index (χ0v) is 12.0. The van der Waals surface area contributed by atoms with Gasteiger partial charge >= 0.3 is 6.18 Å². The van der Waals surface area contributed by atoms with Gasteiger partial charge in [0.25, 0.3) is 0 Å². The Morgan fingerprint density at radius 2 is 1.85 bits per heavy atom. The van der Waals surface area contributed by atoms with E-state index in [0.29, 0.717) is 6.42 Å². The van der Waals surface area contributed by atoms with Crippen molar-refractivity contribution < 1.29 is 21.6 Å². The van der Waals surface area contributed by atoms with E-state index < -0.39 is 26.7 Å². The van der Waals surface area contributed by atoms with E-state index in [1.807, 2.05) is 0 Å². The monoisotopic (exact) mass is 310 g/mol. The van der Waals surface area contributed by atoms with Crippen LogP contribution in [0.1, 0.15) is 18.9 Å². The number of benzene rings is 1. The molecule has 0 heterocycles. The van der Waals surface area contributed by atoms with Crippen LogP contribution in [-0.2, 0) is 16.2 Å². The van der Waals surface area contributed by atoms with E-state index in [1.165, 1.54) is 13.1 Å². The first-order chi connectivity index (χ1) is 9.06. The van der Waals surface area contributed by atoms with Crippen LogP contribution in [0.15, 0.2) is 29.2 Å². The molecule has 114 valence electrons. The van der Waals surface area contributed by atoms with Crippen molar-refractivity contribution >= 4 is 10.0 Å². The van der Waals surface area contributed by atoms with E-state index in [2.05, 4.69) is 0 Å². The highest BCUT2D eigenvalue weighted by molar-refractivity contribution is 7.89. The molecule has 8 heteroatoms. The minimum atomic E-state index is -4.72. The maximum atomic E-state index is 12.9. The number of halogens is 3. The van der Waals surface area contributed by atoms with Crippen LogP contribution in [0.5, 0.6) is 0 Å². The third-order valence-electron chi connectivity index (χ3n) is 2.78. The van der Waals surface area contributed by atoms with E-state index in [-0.39, 0.29) is 12.6 Å². The molecule has 1 aromatic rings. The fourth-order valence-electron chi connectivity index (χ4n) is 1.60. The molecule has 0 saturated heterocycles. The fourth-order valence-corrected chi connectivity index (χ4v) is 2.99. The summed E-state index contributed by atoms with van der Waals surface area (Å²) in [4.78, 5) is -0.736. The molecule has 0 aliphatic rings. The van der Waals surface area contributed by atoms with Gasteiger partial charge in [0.15, 0.2) is 0 Å². The third kappa shape index (κ3) is 3.94. The summed E-state index contributed by atoms with van der Waals surface area (Å²) >= 11 is 0. The van der Waals surface area contributed by atoms with Crippen LogP contribution in [0.25, 0.3) is 0 Å². The van der Waals surface area contributed by atoms with Gasteiger partial charge < -0.3 is 5.73 Å². The van der Waals surface area contributed by atoms with E-state index >= 15 is 0 Å². The van der Waals surface area contributed by atoms with E-state index in [0.717, 1.165) is 22.5 Å². The second kappa shape index (κ2) is 6.11. The Hall–Kier alpha value is -1.12.